The summed E-state index contributed by atoms with van der Waals surface area (Å²) < 4.78 is 28.6. The average molecular weight is 589 g/mol. The third kappa shape index (κ3) is 8.50. The number of nitrogens with one attached hydrogen (secondary N) is 1. The van der Waals surface area contributed by atoms with Gasteiger partial charge in [0.05, 0.1) is 46.8 Å². The van der Waals surface area contributed by atoms with Crippen molar-refractivity contribution in [2.75, 3.05) is 58.5 Å². The van der Waals surface area contributed by atoms with Gasteiger partial charge in [-0.05, 0) is 66.8 Å². The lowest BCUT2D eigenvalue weighted by Crippen LogP contribution is -2.41. The van der Waals surface area contributed by atoms with Crippen LogP contribution in [0.3, 0.4) is 0 Å². The number of aryl methyl sites for hydroxylation is 1. The highest BCUT2D eigenvalue weighted by atomic mass is 16.5. The number of rotatable bonds is 14. The average Bonchev–Trinajstić information content (AvgIpc) is 3.06. The summed E-state index contributed by atoms with van der Waals surface area (Å²) in [4.78, 5) is 14.1. The molecule has 1 fully saturated rings. The Hall–Kier alpha value is -3.59. The quantitative estimate of drug-likeness (QED) is 0.202. The van der Waals surface area contributed by atoms with Crippen molar-refractivity contribution >= 4 is 11.7 Å². The van der Waals surface area contributed by atoms with Crippen molar-refractivity contribution in [3.8, 4) is 11.5 Å². The Labute approximate surface area is 255 Å². The molecule has 230 valence electrons. The molecule has 3 aromatic carbocycles. The van der Waals surface area contributed by atoms with Gasteiger partial charge in [-0.25, -0.2) is 0 Å². The maximum Gasteiger partial charge on any atom is 0.325 e. The van der Waals surface area contributed by atoms with Gasteiger partial charge in [0.25, 0.3) is 0 Å². The van der Waals surface area contributed by atoms with Crippen molar-refractivity contribution in [1.29, 1.82) is 0 Å². The van der Waals surface area contributed by atoms with Gasteiger partial charge >= 0.3 is 5.97 Å². The first kappa shape index (κ1) is 30.9. The number of fused-ring (bicyclic) bond motifs is 1. The number of esters is 1. The lowest BCUT2D eigenvalue weighted by Gasteiger charge is -2.33. The predicted molar refractivity (Wildman–Crippen MR) is 167 cm³/mol. The van der Waals surface area contributed by atoms with Gasteiger partial charge in [-0.3, -0.25) is 4.79 Å². The second-order valence-corrected chi connectivity index (χ2v) is 11.1. The Kier molecular flexibility index (Phi) is 11.3. The first-order valence-corrected chi connectivity index (χ1v) is 15.3. The van der Waals surface area contributed by atoms with Crippen LogP contribution in [0.1, 0.15) is 47.4 Å². The van der Waals surface area contributed by atoms with E-state index in [-0.39, 0.29) is 18.6 Å². The summed E-state index contributed by atoms with van der Waals surface area (Å²) in [5.74, 6) is 1.82. The Morgan fingerprint density at radius 3 is 2.70 bits per heavy atom. The summed E-state index contributed by atoms with van der Waals surface area (Å²) in [7, 11) is 3.12. The number of carbonyl (C=O) groups is 1. The molecule has 0 unspecified atom stereocenters. The van der Waals surface area contributed by atoms with Crippen LogP contribution in [0.2, 0.25) is 0 Å². The highest BCUT2D eigenvalue weighted by molar-refractivity contribution is 5.76. The topological polar surface area (TPSA) is 78.5 Å². The second-order valence-electron chi connectivity index (χ2n) is 11.1. The van der Waals surface area contributed by atoms with E-state index in [0.717, 1.165) is 73.6 Å². The maximum absolute atomic E-state index is 11.9. The molecule has 2 heterocycles. The first-order valence-electron chi connectivity index (χ1n) is 15.3. The molecule has 3 aromatic rings. The largest absolute Gasteiger partial charge is 0.496 e. The highest BCUT2D eigenvalue weighted by Gasteiger charge is 2.27. The predicted octanol–water partition coefficient (Wildman–Crippen LogP) is 5.27. The molecular weight excluding hydrogens is 544 g/mol. The summed E-state index contributed by atoms with van der Waals surface area (Å²) in [6.45, 7) is 5.20. The molecule has 0 aliphatic carbocycles. The van der Waals surface area contributed by atoms with Crippen molar-refractivity contribution in [2.24, 2.45) is 0 Å². The highest BCUT2D eigenvalue weighted by Crippen LogP contribution is 2.32. The fourth-order valence-electron chi connectivity index (χ4n) is 5.93. The number of hydrogen-bond donors (Lipinski definition) is 1. The van der Waals surface area contributed by atoms with E-state index >= 15 is 0 Å². The molecule has 0 spiro atoms. The number of methoxy groups -OCH3 is 2. The zero-order valence-corrected chi connectivity index (χ0v) is 25.4. The van der Waals surface area contributed by atoms with Crippen LogP contribution in [0.15, 0.2) is 66.7 Å². The lowest BCUT2D eigenvalue weighted by molar-refractivity contribution is -0.138. The van der Waals surface area contributed by atoms with Gasteiger partial charge in [0.1, 0.15) is 18.0 Å². The molecule has 0 aromatic heterocycles. The molecule has 0 saturated carbocycles. The van der Waals surface area contributed by atoms with Crippen LogP contribution in [-0.4, -0.2) is 65.7 Å². The molecule has 2 atom stereocenters. The fourth-order valence-corrected chi connectivity index (χ4v) is 5.93. The molecule has 8 heteroatoms. The summed E-state index contributed by atoms with van der Waals surface area (Å²) in [6.07, 6.45) is 3.97. The van der Waals surface area contributed by atoms with E-state index in [1.807, 2.05) is 24.3 Å². The van der Waals surface area contributed by atoms with E-state index in [1.165, 1.54) is 18.2 Å². The minimum atomic E-state index is -0.212. The van der Waals surface area contributed by atoms with Crippen LogP contribution in [0.25, 0.3) is 0 Å². The number of ether oxygens (including phenoxy) is 5. The van der Waals surface area contributed by atoms with Crippen LogP contribution in [0.5, 0.6) is 11.5 Å². The number of nitrogens with zero attached hydrogens (tertiary/aromatic N) is 1. The van der Waals surface area contributed by atoms with Crippen molar-refractivity contribution in [1.82, 2.24) is 5.32 Å². The summed E-state index contributed by atoms with van der Waals surface area (Å²) in [5, 5.41) is 3.50. The molecule has 0 bridgehead atoms. The summed E-state index contributed by atoms with van der Waals surface area (Å²) in [5.41, 5.74) is 5.84. The third-order valence-corrected chi connectivity index (χ3v) is 8.26. The van der Waals surface area contributed by atoms with Gasteiger partial charge in [-0.2, -0.15) is 0 Å². The second kappa shape index (κ2) is 15.8. The van der Waals surface area contributed by atoms with E-state index in [9.17, 15) is 4.79 Å². The Balaban J connectivity index is 1.09. The van der Waals surface area contributed by atoms with Crippen molar-refractivity contribution in [3.63, 3.8) is 0 Å². The van der Waals surface area contributed by atoms with Crippen molar-refractivity contribution in [2.45, 2.75) is 50.9 Å². The van der Waals surface area contributed by atoms with Crippen LogP contribution < -0.4 is 19.7 Å². The van der Waals surface area contributed by atoms with Crippen molar-refractivity contribution in [3.05, 3.63) is 89.0 Å². The van der Waals surface area contributed by atoms with E-state index in [4.69, 9.17) is 23.7 Å². The minimum absolute atomic E-state index is 0.0723. The number of carbonyl (C=O) groups excluding carboxylic acids is 1. The molecule has 5 rings (SSSR count). The molecular formula is C35H44N2O6. The van der Waals surface area contributed by atoms with Gasteiger partial charge in [-0.15, -0.1) is 0 Å². The molecule has 0 amide bonds. The molecule has 2 aliphatic rings. The Morgan fingerprint density at radius 2 is 1.86 bits per heavy atom. The van der Waals surface area contributed by atoms with E-state index < -0.39 is 0 Å². The number of hydrogen-bond acceptors (Lipinski definition) is 8. The van der Waals surface area contributed by atoms with Gasteiger partial charge in [0.2, 0.25) is 0 Å². The number of piperidine rings is 1. The van der Waals surface area contributed by atoms with Crippen LogP contribution in [-0.2, 0) is 38.6 Å². The normalized spacial score (nSPS) is 18.1. The number of anilines is 1. The Morgan fingerprint density at radius 1 is 1.00 bits per heavy atom. The Bertz CT molecular complexity index is 1310. The zero-order valence-electron chi connectivity index (χ0n) is 25.4. The number of benzene rings is 3. The summed E-state index contributed by atoms with van der Waals surface area (Å²) >= 11 is 0. The standard InChI is InChI=1S/C35H44N2O6/c1-39-33-9-4-3-7-29(33)25-41-19-6-20-42-30-14-12-27(13-15-30)31-16-17-36-22-34(31)43-24-26-10-11-28-8-5-18-37(32(28)21-26)23-35(38)40-2/h3-4,7,9-15,21,31,34,36H,5-6,8,16-20,22-25H2,1-2H3/t31-,34+/m1/s1. The molecule has 8 nitrogen and oxygen atoms in total. The molecule has 1 N–H and O–H groups in total. The lowest BCUT2D eigenvalue weighted by atomic mass is 9.87. The van der Waals surface area contributed by atoms with Crippen molar-refractivity contribution < 1.29 is 28.5 Å². The van der Waals surface area contributed by atoms with Gasteiger partial charge in [0.15, 0.2) is 0 Å². The maximum atomic E-state index is 11.9. The van der Waals surface area contributed by atoms with Gasteiger partial charge in [-0.1, -0.05) is 42.5 Å². The van der Waals surface area contributed by atoms with E-state index in [2.05, 4.69) is 52.7 Å². The monoisotopic (exact) mass is 588 g/mol. The van der Waals surface area contributed by atoms with E-state index in [1.54, 1.807) is 7.11 Å². The van der Waals surface area contributed by atoms with Crippen LogP contribution in [0, 0.1) is 0 Å². The fraction of sp³-hybridized carbons (Fsp3) is 0.457. The SMILES string of the molecule is COC(=O)CN1CCCc2ccc(CO[C@H]3CNCC[C@@H]3c3ccc(OCCCOCc4ccccc4OC)cc3)cc21. The molecule has 43 heavy (non-hydrogen) atoms. The minimum Gasteiger partial charge on any atom is -0.496 e. The van der Waals surface area contributed by atoms with Gasteiger partial charge < -0.3 is 33.9 Å². The van der Waals surface area contributed by atoms with E-state index in [0.29, 0.717) is 32.3 Å². The smallest absolute Gasteiger partial charge is 0.325 e. The first-order chi connectivity index (χ1) is 21.1. The van der Waals surface area contributed by atoms with Crippen LogP contribution in [0.4, 0.5) is 5.69 Å². The zero-order chi connectivity index (χ0) is 29.9. The number of para-hydroxylation sites is 1. The van der Waals surface area contributed by atoms with Gasteiger partial charge in [0, 0.05) is 36.7 Å². The van der Waals surface area contributed by atoms with Crippen LogP contribution >= 0.6 is 0 Å². The molecule has 1 saturated heterocycles. The third-order valence-electron chi connectivity index (χ3n) is 8.26. The molecule has 0 radical (unpaired) electrons. The summed E-state index contributed by atoms with van der Waals surface area (Å²) in [6, 6.07) is 22.9. The molecule has 2 aliphatic heterocycles.